The predicted molar refractivity (Wildman–Crippen MR) is 80.1 cm³/mol. The molecular weight excluding hydrogens is 314 g/mol. The van der Waals surface area contributed by atoms with Crippen molar-refractivity contribution >= 4 is 22.5 Å². The average molecular weight is 323 g/mol. The minimum atomic E-state index is -2.66. The molecule has 4 nitrogen and oxygen atoms in total. The zero-order valence-corrected chi connectivity index (χ0v) is 11.8. The van der Waals surface area contributed by atoms with E-state index in [9.17, 15) is 18.4 Å². The van der Waals surface area contributed by atoms with Gasteiger partial charge >= 0.3 is 5.69 Å². The summed E-state index contributed by atoms with van der Waals surface area (Å²) in [6.07, 6.45) is -2.66. The highest BCUT2D eigenvalue weighted by molar-refractivity contribution is 6.31. The lowest BCUT2D eigenvalue weighted by Crippen LogP contribution is -2.29. The van der Waals surface area contributed by atoms with Gasteiger partial charge in [-0.05, 0) is 30.3 Å². The van der Waals surface area contributed by atoms with Crippen LogP contribution in [-0.4, -0.2) is 9.55 Å². The maximum atomic E-state index is 12.8. The van der Waals surface area contributed by atoms with Gasteiger partial charge in [-0.15, -0.1) is 0 Å². The number of H-pyrrole nitrogens is 1. The molecule has 0 aliphatic carbocycles. The van der Waals surface area contributed by atoms with E-state index in [1.165, 1.54) is 42.5 Å². The molecule has 0 bridgehead atoms. The molecular formula is C15H9ClF2N2O2. The lowest BCUT2D eigenvalue weighted by atomic mass is 10.2. The Hall–Kier alpha value is -2.47. The quantitative estimate of drug-likeness (QED) is 0.787. The zero-order chi connectivity index (χ0) is 15.9. The molecule has 7 heteroatoms. The summed E-state index contributed by atoms with van der Waals surface area (Å²) in [5.41, 5.74) is -1.01. The largest absolute Gasteiger partial charge is 0.333 e. The van der Waals surface area contributed by atoms with Crippen molar-refractivity contribution in [2.45, 2.75) is 6.43 Å². The van der Waals surface area contributed by atoms with Crippen molar-refractivity contribution in [2.75, 3.05) is 0 Å². The topological polar surface area (TPSA) is 54.9 Å². The number of hydrogen-bond donors (Lipinski definition) is 1. The number of hydrogen-bond acceptors (Lipinski definition) is 2. The molecule has 0 aliphatic rings. The smallest absolute Gasteiger partial charge is 0.273 e. The minimum absolute atomic E-state index is 0.217. The first-order chi connectivity index (χ1) is 10.5. The van der Waals surface area contributed by atoms with Gasteiger partial charge in [-0.3, -0.25) is 14.3 Å². The predicted octanol–water partition coefficient (Wildman–Crippen LogP) is 3.27. The van der Waals surface area contributed by atoms with Gasteiger partial charge < -0.3 is 0 Å². The fraction of sp³-hybridized carbons (Fsp3) is 0.0667. The van der Waals surface area contributed by atoms with Crippen molar-refractivity contribution < 1.29 is 8.78 Å². The fourth-order valence-electron chi connectivity index (χ4n) is 2.27. The summed E-state index contributed by atoms with van der Waals surface area (Å²) in [5, 5.41) is 0.572. The number of rotatable bonds is 2. The van der Waals surface area contributed by atoms with Crippen LogP contribution in [0.2, 0.25) is 5.02 Å². The van der Waals surface area contributed by atoms with E-state index in [0.29, 0.717) is 5.02 Å². The third-order valence-corrected chi connectivity index (χ3v) is 3.48. The summed E-state index contributed by atoms with van der Waals surface area (Å²) >= 11 is 5.92. The molecule has 0 saturated carbocycles. The lowest BCUT2D eigenvalue weighted by molar-refractivity contribution is 0.151. The van der Waals surface area contributed by atoms with Gasteiger partial charge in [-0.2, -0.15) is 0 Å². The van der Waals surface area contributed by atoms with Crippen LogP contribution in [0.3, 0.4) is 0 Å². The monoisotopic (exact) mass is 322 g/mol. The molecule has 22 heavy (non-hydrogen) atoms. The van der Waals surface area contributed by atoms with E-state index in [4.69, 9.17) is 11.6 Å². The second-order valence-electron chi connectivity index (χ2n) is 4.65. The number of benzene rings is 2. The van der Waals surface area contributed by atoms with E-state index in [1.54, 1.807) is 0 Å². The van der Waals surface area contributed by atoms with Gasteiger partial charge in [0.15, 0.2) is 0 Å². The number of fused-ring (bicyclic) bond motifs is 1. The Morgan fingerprint density at radius 1 is 1.09 bits per heavy atom. The molecule has 0 unspecified atom stereocenters. The number of alkyl halides is 2. The Balaban J connectivity index is 2.40. The molecule has 2 aromatic carbocycles. The van der Waals surface area contributed by atoms with Crippen molar-refractivity contribution in [1.29, 1.82) is 0 Å². The van der Waals surface area contributed by atoms with Crippen LogP contribution >= 0.6 is 11.6 Å². The third-order valence-electron chi connectivity index (χ3n) is 3.25. The van der Waals surface area contributed by atoms with Gasteiger partial charge in [-0.25, -0.2) is 13.6 Å². The molecule has 0 fully saturated rings. The molecule has 0 saturated heterocycles. The van der Waals surface area contributed by atoms with E-state index in [2.05, 4.69) is 4.98 Å². The molecule has 0 radical (unpaired) electrons. The number of nitrogens with zero attached hydrogens (tertiary/aromatic N) is 1. The van der Waals surface area contributed by atoms with Crippen LogP contribution in [0.15, 0.2) is 52.1 Å². The zero-order valence-electron chi connectivity index (χ0n) is 11.0. The van der Waals surface area contributed by atoms with E-state index in [0.717, 1.165) is 4.57 Å². The highest BCUT2D eigenvalue weighted by Crippen LogP contribution is 2.23. The molecule has 0 amide bonds. The van der Waals surface area contributed by atoms with Crippen LogP contribution in [-0.2, 0) is 0 Å². The standard InChI is InChI=1S/C15H9ClF2N2O2/c16-9-4-5-11-12(7-9)20(15(22)19-14(11)21)10-3-1-2-8(6-10)13(17)18/h1-7,13H,(H,19,21,22). The molecule has 0 aliphatic heterocycles. The maximum absolute atomic E-state index is 12.8. The summed E-state index contributed by atoms with van der Waals surface area (Å²) in [6.45, 7) is 0. The Morgan fingerprint density at radius 3 is 2.59 bits per heavy atom. The fourth-order valence-corrected chi connectivity index (χ4v) is 2.43. The second kappa shape index (κ2) is 5.38. The highest BCUT2D eigenvalue weighted by atomic mass is 35.5. The number of aromatic amines is 1. The SMILES string of the molecule is O=c1[nH]c(=O)n(-c2cccc(C(F)F)c2)c2cc(Cl)ccc12. The van der Waals surface area contributed by atoms with Gasteiger partial charge in [0.05, 0.1) is 16.6 Å². The summed E-state index contributed by atoms with van der Waals surface area (Å²) in [5.74, 6) is 0. The van der Waals surface area contributed by atoms with Gasteiger partial charge in [-0.1, -0.05) is 23.7 Å². The molecule has 1 heterocycles. The van der Waals surface area contributed by atoms with Crippen molar-refractivity contribution in [2.24, 2.45) is 0 Å². The molecule has 0 atom stereocenters. The van der Waals surface area contributed by atoms with Crippen LogP contribution in [0, 0.1) is 0 Å². The highest BCUT2D eigenvalue weighted by Gasteiger charge is 2.12. The van der Waals surface area contributed by atoms with Gasteiger partial charge in [0, 0.05) is 10.6 Å². The van der Waals surface area contributed by atoms with Crippen molar-refractivity contribution in [3.63, 3.8) is 0 Å². The molecule has 1 N–H and O–H groups in total. The van der Waals surface area contributed by atoms with Crippen LogP contribution in [0.1, 0.15) is 12.0 Å². The second-order valence-corrected chi connectivity index (χ2v) is 5.09. The van der Waals surface area contributed by atoms with Crippen LogP contribution in [0.25, 0.3) is 16.6 Å². The van der Waals surface area contributed by atoms with Crippen LogP contribution in [0.4, 0.5) is 8.78 Å². The normalized spacial score (nSPS) is 11.3. The Kier molecular flexibility index (Phi) is 3.54. The van der Waals surface area contributed by atoms with E-state index in [-0.39, 0.29) is 22.2 Å². The first-order valence-corrected chi connectivity index (χ1v) is 6.68. The summed E-state index contributed by atoms with van der Waals surface area (Å²) in [4.78, 5) is 26.1. The summed E-state index contributed by atoms with van der Waals surface area (Å²) in [7, 11) is 0. The first-order valence-electron chi connectivity index (χ1n) is 6.30. The number of aromatic nitrogens is 2. The molecule has 1 aromatic heterocycles. The van der Waals surface area contributed by atoms with E-state index >= 15 is 0 Å². The number of halogens is 3. The summed E-state index contributed by atoms with van der Waals surface area (Å²) < 4.78 is 26.8. The Labute approximate surface area is 127 Å². The van der Waals surface area contributed by atoms with E-state index in [1.807, 2.05) is 0 Å². The Morgan fingerprint density at radius 2 is 1.86 bits per heavy atom. The van der Waals surface area contributed by atoms with Gasteiger partial charge in [0.25, 0.3) is 12.0 Å². The molecule has 112 valence electrons. The van der Waals surface area contributed by atoms with Crippen molar-refractivity contribution in [3.8, 4) is 5.69 Å². The molecule has 3 rings (SSSR count). The number of nitrogens with one attached hydrogen (secondary N) is 1. The van der Waals surface area contributed by atoms with Gasteiger partial charge in [0.1, 0.15) is 0 Å². The lowest BCUT2D eigenvalue weighted by Gasteiger charge is -2.11. The maximum Gasteiger partial charge on any atom is 0.333 e. The average Bonchev–Trinajstić information content (AvgIpc) is 2.47. The van der Waals surface area contributed by atoms with Crippen LogP contribution in [0.5, 0.6) is 0 Å². The first kappa shape index (κ1) is 14.5. The van der Waals surface area contributed by atoms with Gasteiger partial charge in [0.2, 0.25) is 0 Å². The molecule has 3 aromatic rings. The third kappa shape index (κ3) is 2.42. The Bertz CT molecular complexity index is 979. The molecule has 0 spiro atoms. The van der Waals surface area contributed by atoms with Crippen molar-refractivity contribution in [1.82, 2.24) is 9.55 Å². The van der Waals surface area contributed by atoms with Crippen molar-refractivity contribution in [3.05, 3.63) is 73.9 Å². The summed E-state index contributed by atoms with van der Waals surface area (Å²) in [6, 6.07) is 9.83. The van der Waals surface area contributed by atoms with E-state index < -0.39 is 17.7 Å². The minimum Gasteiger partial charge on any atom is -0.273 e. The van der Waals surface area contributed by atoms with Crippen LogP contribution < -0.4 is 11.2 Å².